The van der Waals surface area contributed by atoms with E-state index >= 15 is 0 Å². The Balaban J connectivity index is 1.72. The molecular formula is C12H18FN3. The van der Waals surface area contributed by atoms with Gasteiger partial charge in [0.15, 0.2) is 0 Å². The first-order valence-electron chi connectivity index (χ1n) is 5.73. The van der Waals surface area contributed by atoms with E-state index in [0.717, 1.165) is 24.6 Å². The SMILES string of the molecule is CN1CCC(CNCc2cncc(F)c2)C1. The lowest BCUT2D eigenvalue weighted by atomic mass is 10.1. The molecule has 1 atom stereocenters. The number of likely N-dealkylation sites (tertiary alicyclic amines) is 1. The zero-order valence-corrected chi connectivity index (χ0v) is 9.62. The number of hydrogen-bond donors (Lipinski definition) is 1. The highest BCUT2D eigenvalue weighted by Crippen LogP contribution is 2.13. The summed E-state index contributed by atoms with van der Waals surface area (Å²) in [4.78, 5) is 6.17. The normalized spacial score (nSPS) is 21.5. The van der Waals surface area contributed by atoms with Crippen molar-refractivity contribution < 1.29 is 4.39 Å². The summed E-state index contributed by atoms with van der Waals surface area (Å²) in [5.41, 5.74) is 0.909. The standard InChI is InChI=1S/C12H18FN3/c1-16-3-2-10(9-16)5-14-6-11-4-12(13)8-15-7-11/h4,7-8,10,14H,2-3,5-6,9H2,1H3. The minimum Gasteiger partial charge on any atom is -0.312 e. The van der Waals surface area contributed by atoms with Gasteiger partial charge < -0.3 is 10.2 Å². The Labute approximate surface area is 95.7 Å². The second-order valence-electron chi connectivity index (χ2n) is 4.56. The highest BCUT2D eigenvalue weighted by Gasteiger charge is 2.18. The predicted octanol–water partition coefficient (Wildman–Crippen LogP) is 1.26. The van der Waals surface area contributed by atoms with Crippen molar-refractivity contribution in [3.05, 3.63) is 29.8 Å². The molecule has 0 amide bonds. The van der Waals surface area contributed by atoms with Crippen molar-refractivity contribution in [2.75, 3.05) is 26.7 Å². The molecule has 0 saturated carbocycles. The Bertz CT molecular complexity index is 343. The zero-order valence-electron chi connectivity index (χ0n) is 9.62. The van der Waals surface area contributed by atoms with Gasteiger partial charge in [0.2, 0.25) is 0 Å². The van der Waals surface area contributed by atoms with Gasteiger partial charge in [-0.25, -0.2) is 4.39 Å². The van der Waals surface area contributed by atoms with E-state index in [-0.39, 0.29) is 5.82 Å². The first-order chi connectivity index (χ1) is 7.74. The van der Waals surface area contributed by atoms with Crippen LogP contribution < -0.4 is 5.32 Å². The van der Waals surface area contributed by atoms with Crippen LogP contribution in [-0.4, -0.2) is 36.6 Å². The van der Waals surface area contributed by atoms with Gasteiger partial charge in [0.1, 0.15) is 5.82 Å². The molecule has 1 aliphatic rings. The summed E-state index contributed by atoms with van der Waals surface area (Å²) in [5, 5.41) is 3.36. The van der Waals surface area contributed by atoms with Crippen LogP contribution in [0.5, 0.6) is 0 Å². The van der Waals surface area contributed by atoms with E-state index in [4.69, 9.17) is 0 Å². The summed E-state index contributed by atoms with van der Waals surface area (Å²) in [6, 6.07) is 1.53. The summed E-state index contributed by atoms with van der Waals surface area (Å²) in [6.45, 7) is 4.05. The summed E-state index contributed by atoms with van der Waals surface area (Å²) >= 11 is 0. The van der Waals surface area contributed by atoms with Gasteiger partial charge in [-0.05, 0) is 44.1 Å². The van der Waals surface area contributed by atoms with E-state index < -0.39 is 0 Å². The van der Waals surface area contributed by atoms with Crippen molar-refractivity contribution in [3.63, 3.8) is 0 Å². The smallest absolute Gasteiger partial charge is 0.141 e. The third-order valence-corrected chi connectivity index (χ3v) is 3.01. The van der Waals surface area contributed by atoms with Gasteiger partial charge in [-0.15, -0.1) is 0 Å². The van der Waals surface area contributed by atoms with E-state index in [1.54, 1.807) is 6.20 Å². The second-order valence-corrected chi connectivity index (χ2v) is 4.56. The number of halogens is 1. The summed E-state index contributed by atoms with van der Waals surface area (Å²) in [5.74, 6) is 0.464. The molecule has 1 aliphatic heterocycles. The summed E-state index contributed by atoms with van der Waals surface area (Å²) in [7, 11) is 2.15. The number of nitrogens with zero attached hydrogens (tertiary/aromatic N) is 2. The molecule has 0 aromatic carbocycles. The van der Waals surface area contributed by atoms with Gasteiger partial charge in [0.25, 0.3) is 0 Å². The molecule has 0 spiro atoms. The Morgan fingerprint density at radius 3 is 3.12 bits per heavy atom. The molecule has 1 aromatic heterocycles. The van der Waals surface area contributed by atoms with Gasteiger partial charge in [0.05, 0.1) is 6.20 Å². The molecule has 4 heteroatoms. The predicted molar refractivity (Wildman–Crippen MR) is 61.5 cm³/mol. The van der Waals surface area contributed by atoms with Gasteiger partial charge in [0, 0.05) is 19.3 Å². The molecule has 0 radical (unpaired) electrons. The molecular weight excluding hydrogens is 205 g/mol. The Morgan fingerprint density at radius 1 is 1.56 bits per heavy atom. The lowest BCUT2D eigenvalue weighted by Gasteiger charge is -2.11. The first kappa shape index (κ1) is 11.5. The molecule has 88 valence electrons. The molecule has 1 aromatic rings. The maximum absolute atomic E-state index is 12.8. The molecule has 2 rings (SSSR count). The number of nitrogens with one attached hydrogen (secondary N) is 1. The van der Waals surface area contributed by atoms with E-state index in [0.29, 0.717) is 6.54 Å². The molecule has 0 bridgehead atoms. The van der Waals surface area contributed by atoms with Crippen LogP contribution in [0, 0.1) is 11.7 Å². The average Bonchev–Trinajstić information content (AvgIpc) is 2.64. The van der Waals surface area contributed by atoms with Crippen molar-refractivity contribution in [2.24, 2.45) is 5.92 Å². The summed E-state index contributed by atoms with van der Waals surface area (Å²) < 4.78 is 12.8. The highest BCUT2D eigenvalue weighted by atomic mass is 19.1. The molecule has 1 fully saturated rings. The molecule has 1 N–H and O–H groups in total. The number of rotatable bonds is 4. The fourth-order valence-electron chi connectivity index (χ4n) is 2.17. The van der Waals surface area contributed by atoms with Crippen molar-refractivity contribution in [1.29, 1.82) is 0 Å². The average molecular weight is 223 g/mol. The third kappa shape index (κ3) is 3.25. The Morgan fingerprint density at radius 2 is 2.44 bits per heavy atom. The van der Waals surface area contributed by atoms with Gasteiger partial charge in [-0.1, -0.05) is 0 Å². The van der Waals surface area contributed by atoms with Crippen molar-refractivity contribution in [1.82, 2.24) is 15.2 Å². The zero-order chi connectivity index (χ0) is 11.4. The van der Waals surface area contributed by atoms with E-state index in [2.05, 4.69) is 22.2 Å². The number of aromatic nitrogens is 1. The van der Waals surface area contributed by atoms with Gasteiger partial charge in [-0.3, -0.25) is 4.98 Å². The largest absolute Gasteiger partial charge is 0.312 e. The minimum absolute atomic E-state index is 0.264. The quantitative estimate of drug-likeness (QED) is 0.833. The van der Waals surface area contributed by atoms with E-state index in [9.17, 15) is 4.39 Å². The van der Waals surface area contributed by atoms with Gasteiger partial charge >= 0.3 is 0 Å². The number of hydrogen-bond acceptors (Lipinski definition) is 3. The second kappa shape index (κ2) is 5.37. The van der Waals surface area contributed by atoms with Crippen LogP contribution in [0.4, 0.5) is 4.39 Å². The maximum atomic E-state index is 12.8. The lowest BCUT2D eigenvalue weighted by molar-refractivity contribution is 0.388. The molecule has 2 heterocycles. The van der Waals surface area contributed by atoms with E-state index in [1.165, 1.54) is 25.2 Å². The van der Waals surface area contributed by atoms with Crippen molar-refractivity contribution in [2.45, 2.75) is 13.0 Å². The third-order valence-electron chi connectivity index (χ3n) is 3.01. The Kier molecular flexibility index (Phi) is 3.85. The summed E-state index contributed by atoms with van der Waals surface area (Å²) in [6.07, 6.45) is 4.19. The Hall–Kier alpha value is -1.00. The van der Waals surface area contributed by atoms with Crippen molar-refractivity contribution >= 4 is 0 Å². The fourth-order valence-corrected chi connectivity index (χ4v) is 2.17. The van der Waals surface area contributed by atoms with Gasteiger partial charge in [-0.2, -0.15) is 0 Å². The van der Waals surface area contributed by atoms with Crippen LogP contribution >= 0.6 is 0 Å². The molecule has 16 heavy (non-hydrogen) atoms. The van der Waals surface area contributed by atoms with Crippen LogP contribution in [-0.2, 0) is 6.54 Å². The van der Waals surface area contributed by atoms with Crippen LogP contribution in [0.1, 0.15) is 12.0 Å². The molecule has 1 saturated heterocycles. The lowest BCUT2D eigenvalue weighted by Crippen LogP contribution is -2.24. The topological polar surface area (TPSA) is 28.2 Å². The van der Waals surface area contributed by atoms with E-state index in [1.807, 2.05) is 0 Å². The molecule has 1 unspecified atom stereocenters. The highest BCUT2D eigenvalue weighted by molar-refractivity contribution is 5.09. The molecule has 0 aliphatic carbocycles. The fraction of sp³-hybridized carbons (Fsp3) is 0.583. The van der Waals surface area contributed by atoms with Crippen LogP contribution in [0.25, 0.3) is 0 Å². The first-order valence-corrected chi connectivity index (χ1v) is 5.73. The van der Waals surface area contributed by atoms with Crippen LogP contribution in [0.15, 0.2) is 18.5 Å². The maximum Gasteiger partial charge on any atom is 0.141 e. The van der Waals surface area contributed by atoms with Crippen LogP contribution in [0.2, 0.25) is 0 Å². The van der Waals surface area contributed by atoms with Crippen LogP contribution in [0.3, 0.4) is 0 Å². The minimum atomic E-state index is -0.264. The monoisotopic (exact) mass is 223 g/mol. The molecule has 3 nitrogen and oxygen atoms in total. The van der Waals surface area contributed by atoms with Crippen molar-refractivity contribution in [3.8, 4) is 0 Å². The number of pyridine rings is 1.